The van der Waals surface area contributed by atoms with Gasteiger partial charge in [-0.2, -0.15) is 8.42 Å². The maximum Gasteiger partial charge on any atom is 0.339 e. The van der Waals surface area contributed by atoms with Gasteiger partial charge in [-0.15, -0.1) is 0 Å². The standard InChI is InChI=1S/C14H11F2NO4S/c1-9(18)17-10-2-4-11(5-3-10)21-22(19,20)12-6-7-13(15)14(16)8-12/h2-8H,1H3,(H,17,18). The van der Waals surface area contributed by atoms with Gasteiger partial charge < -0.3 is 9.50 Å². The molecule has 2 aromatic carbocycles. The molecule has 0 aliphatic heterocycles. The second kappa shape index (κ2) is 6.10. The van der Waals surface area contributed by atoms with E-state index in [-0.39, 0.29) is 11.7 Å². The van der Waals surface area contributed by atoms with Gasteiger partial charge in [-0.1, -0.05) is 0 Å². The van der Waals surface area contributed by atoms with Gasteiger partial charge >= 0.3 is 10.1 Å². The van der Waals surface area contributed by atoms with Crippen LogP contribution in [-0.2, 0) is 14.9 Å². The van der Waals surface area contributed by atoms with E-state index in [1.54, 1.807) is 0 Å². The number of nitrogens with one attached hydrogen (secondary N) is 1. The average molecular weight is 327 g/mol. The highest BCUT2D eigenvalue weighted by Crippen LogP contribution is 2.22. The summed E-state index contributed by atoms with van der Waals surface area (Å²) in [5, 5.41) is 2.51. The first kappa shape index (κ1) is 15.9. The highest BCUT2D eigenvalue weighted by Gasteiger charge is 2.18. The summed E-state index contributed by atoms with van der Waals surface area (Å²) in [4.78, 5) is 10.4. The minimum atomic E-state index is -4.28. The van der Waals surface area contributed by atoms with E-state index >= 15 is 0 Å². The molecule has 0 aliphatic carbocycles. The summed E-state index contributed by atoms with van der Waals surface area (Å²) in [7, 11) is -4.28. The fourth-order valence-electron chi connectivity index (χ4n) is 1.60. The number of hydrogen-bond acceptors (Lipinski definition) is 4. The van der Waals surface area contributed by atoms with Crippen molar-refractivity contribution in [1.82, 2.24) is 0 Å². The number of amides is 1. The monoisotopic (exact) mass is 327 g/mol. The van der Waals surface area contributed by atoms with Crippen molar-refractivity contribution in [1.29, 1.82) is 0 Å². The zero-order valence-electron chi connectivity index (χ0n) is 11.3. The van der Waals surface area contributed by atoms with Crippen LogP contribution in [0.4, 0.5) is 14.5 Å². The Balaban J connectivity index is 2.21. The van der Waals surface area contributed by atoms with Crippen LogP contribution < -0.4 is 9.50 Å². The van der Waals surface area contributed by atoms with Crippen LogP contribution in [0.2, 0.25) is 0 Å². The third kappa shape index (κ3) is 3.79. The van der Waals surface area contributed by atoms with Crippen molar-refractivity contribution in [3.63, 3.8) is 0 Å². The summed E-state index contributed by atoms with van der Waals surface area (Å²) < 4.78 is 54.6. The van der Waals surface area contributed by atoms with Crippen LogP contribution >= 0.6 is 0 Å². The topological polar surface area (TPSA) is 72.5 Å². The van der Waals surface area contributed by atoms with E-state index in [4.69, 9.17) is 4.18 Å². The lowest BCUT2D eigenvalue weighted by molar-refractivity contribution is -0.114. The molecule has 0 radical (unpaired) electrons. The molecule has 0 aliphatic rings. The van der Waals surface area contributed by atoms with Crippen LogP contribution in [0.3, 0.4) is 0 Å². The molecule has 0 fully saturated rings. The van der Waals surface area contributed by atoms with E-state index in [1.807, 2.05) is 0 Å². The van der Waals surface area contributed by atoms with E-state index in [0.29, 0.717) is 17.8 Å². The molecule has 0 atom stereocenters. The van der Waals surface area contributed by atoms with Crippen LogP contribution in [-0.4, -0.2) is 14.3 Å². The third-order valence-corrected chi connectivity index (χ3v) is 3.80. The van der Waals surface area contributed by atoms with Gasteiger partial charge in [0.25, 0.3) is 0 Å². The van der Waals surface area contributed by atoms with E-state index in [2.05, 4.69) is 5.32 Å². The molecule has 116 valence electrons. The molecule has 0 bridgehead atoms. The molecule has 0 spiro atoms. The highest BCUT2D eigenvalue weighted by molar-refractivity contribution is 7.87. The van der Waals surface area contributed by atoms with Crippen molar-refractivity contribution in [3.8, 4) is 5.75 Å². The Bertz CT molecular complexity index is 804. The van der Waals surface area contributed by atoms with Crippen molar-refractivity contribution in [2.75, 3.05) is 5.32 Å². The van der Waals surface area contributed by atoms with Crippen molar-refractivity contribution in [2.45, 2.75) is 11.8 Å². The zero-order chi connectivity index (χ0) is 16.3. The van der Waals surface area contributed by atoms with Crippen molar-refractivity contribution in [2.24, 2.45) is 0 Å². The Kier molecular flexibility index (Phi) is 4.41. The fraction of sp³-hybridized carbons (Fsp3) is 0.0714. The normalized spacial score (nSPS) is 11.0. The van der Waals surface area contributed by atoms with Crippen LogP contribution in [0.5, 0.6) is 5.75 Å². The van der Waals surface area contributed by atoms with Gasteiger partial charge in [0, 0.05) is 12.6 Å². The number of benzene rings is 2. The summed E-state index contributed by atoms with van der Waals surface area (Å²) in [5.74, 6) is -2.74. The SMILES string of the molecule is CC(=O)Nc1ccc(OS(=O)(=O)c2ccc(F)c(F)c2)cc1. The Labute approximate surface area is 125 Å². The molecule has 0 saturated heterocycles. The van der Waals surface area contributed by atoms with Gasteiger partial charge in [0.05, 0.1) is 0 Å². The predicted molar refractivity (Wildman–Crippen MR) is 74.9 cm³/mol. The van der Waals surface area contributed by atoms with Gasteiger partial charge in [-0.05, 0) is 42.5 Å². The fourth-order valence-corrected chi connectivity index (χ4v) is 2.55. The summed E-state index contributed by atoms with van der Waals surface area (Å²) in [6, 6.07) is 7.67. The lowest BCUT2D eigenvalue weighted by Crippen LogP contribution is -2.10. The molecule has 1 N–H and O–H groups in total. The lowest BCUT2D eigenvalue weighted by Gasteiger charge is -2.08. The number of carbonyl (C=O) groups is 1. The van der Waals surface area contributed by atoms with E-state index in [1.165, 1.54) is 31.2 Å². The molecule has 5 nitrogen and oxygen atoms in total. The van der Waals surface area contributed by atoms with Crippen LogP contribution in [0, 0.1) is 11.6 Å². The minimum Gasteiger partial charge on any atom is -0.379 e. The summed E-state index contributed by atoms with van der Waals surface area (Å²) >= 11 is 0. The minimum absolute atomic E-state index is 0.0289. The molecule has 1 amide bonds. The quantitative estimate of drug-likeness (QED) is 0.876. The smallest absolute Gasteiger partial charge is 0.339 e. The van der Waals surface area contributed by atoms with Gasteiger partial charge in [0.15, 0.2) is 11.6 Å². The summed E-state index contributed by atoms with van der Waals surface area (Å²) in [5.41, 5.74) is 0.463. The number of anilines is 1. The maximum absolute atomic E-state index is 13.1. The summed E-state index contributed by atoms with van der Waals surface area (Å²) in [6.45, 7) is 1.33. The van der Waals surface area contributed by atoms with Crippen LogP contribution in [0.15, 0.2) is 47.4 Å². The second-order valence-electron chi connectivity index (χ2n) is 4.32. The Morgan fingerprint density at radius 2 is 1.68 bits per heavy atom. The van der Waals surface area contributed by atoms with Crippen LogP contribution in [0.1, 0.15) is 6.92 Å². The average Bonchev–Trinajstić information content (AvgIpc) is 2.43. The first-order valence-electron chi connectivity index (χ1n) is 6.05. The lowest BCUT2D eigenvalue weighted by atomic mass is 10.3. The van der Waals surface area contributed by atoms with Crippen molar-refractivity contribution >= 4 is 21.7 Å². The van der Waals surface area contributed by atoms with Gasteiger partial charge in [0.1, 0.15) is 10.6 Å². The highest BCUT2D eigenvalue weighted by atomic mass is 32.2. The molecule has 0 heterocycles. The molecule has 2 aromatic rings. The first-order chi connectivity index (χ1) is 10.3. The Morgan fingerprint density at radius 3 is 2.23 bits per heavy atom. The van der Waals surface area contributed by atoms with Gasteiger partial charge in [-0.25, -0.2) is 8.78 Å². The van der Waals surface area contributed by atoms with E-state index < -0.39 is 26.6 Å². The molecule has 0 saturated carbocycles. The molecule has 2 rings (SSSR count). The molecule has 0 aromatic heterocycles. The number of halogens is 2. The van der Waals surface area contributed by atoms with Gasteiger partial charge in [-0.3, -0.25) is 4.79 Å². The number of rotatable bonds is 4. The number of carbonyl (C=O) groups excluding carboxylic acids is 1. The zero-order valence-corrected chi connectivity index (χ0v) is 12.2. The summed E-state index contributed by atoms with van der Waals surface area (Å²) in [6.07, 6.45) is 0. The molecule has 0 unspecified atom stereocenters. The van der Waals surface area contributed by atoms with E-state index in [0.717, 1.165) is 6.07 Å². The Morgan fingerprint density at radius 1 is 1.05 bits per heavy atom. The van der Waals surface area contributed by atoms with Crippen LogP contribution in [0.25, 0.3) is 0 Å². The molecular formula is C14H11F2NO4S. The molecule has 22 heavy (non-hydrogen) atoms. The van der Waals surface area contributed by atoms with E-state index in [9.17, 15) is 22.0 Å². The van der Waals surface area contributed by atoms with Crippen molar-refractivity contribution < 1.29 is 26.2 Å². The molecule has 8 heteroatoms. The third-order valence-electron chi connectivity index (χ3n) is 2.56. The first-order valence-corrected chi connectivity index (χ1v) is 7.46. The number of hydrogen-bond donors (Lipinski definition) is 1. The largest absolute Gasteiger partial charge is 0.379 e. The Hall–Kier alpha value is -2.48. The van der Waals surface area contributed by atoms with Crippen molar-refractivity contribution in [3.05, 3.63) is 54.1 Å². The maximum atomic E-state index is 13.1. The van der Waals surface area contributed by atoms with Gasteiger partial charge in [0.2, 0.25) is 5.91 Å². The predicted octanol–water partition coefficient (Wildman–Crippen LogP) is 2.69. The second-order valence-corrected chi connectivity index (χ2v) is 5.87. The molecular weight excluding hydrogens is 316 g/mol.